The summed E-state index contributed by atoms with van der Waals surface area (Å²) in [4.78, 5) is 11.7. The first-order valence-electron chi connectivity index (χ1n) is 6.09. The molecule has 0 atom stereocenters. The molecule has 2 aromatic rings. The molecule has 0 unspecified atom stereocenters. The number of nitrogens with one attached hydrogen (secondary N) is 1. The molecule has 0 aromatic heterocycles. The normalized spacial score (nSPS) is 10.2. The molecular weight excluding hydrogens is 320 g/mol. The second-order valence-corrected chi connectivity index (χ2v) is 5.24. The Morgan fingerprint density at radius 1 is 1.30 bits per heavy atom. The van der Waals surface area contributed by atoms with Gasteiger partial charge in [-0.1, -0.05) is 34.1 Å². The summed E-state index contributed by atoms with van der Waals surface area (Å²) in [6.45, 7) is 2.28. The van der Waals surface area contributed by atoms with E-state index in [0.717, 1.165) is 21.3 Å². The fourth-order valence-electron chi connectivity index (χ4n) is 1.88. The minimum atomic E-state index is -0.322. The van der Waals surface area contributed by atoms with E-state index in [0.29, 0.717) is 12.2 Å². The number of rotatable bonds is 4. The van der Waals surface area contributed by atoms with Gasteiger partial charge in [-0.2, -0.15) is 0 Å². The number of carbonyl (C=O) groups excluding carboxylic acids is 1. The standard InChI is InChI=1S/C15H15BrN2O2/c1-10-8-12(16)6-7-14(10)20-9-11-4-2-3-5-13(11)15(19)18-17/h2-8H,9,17H2,1H3,(H,18,19). The van der Waals surface area contributed by atoms with Crippen molar-refractivity contribution in [2.75, 3.05) is 0 Å². The first kappa shape index (κ1) is 14.6. The molecule has 0 heterocycles. The minimum Gasteiger partial charge on any atom is -0.489 e. The zero-order chi connectivity index (χ0) is 14.5. The van der Waals surface area contributed by atoms with Crippen LogP contribution >= 0.6 is 15.9 Å². The number of benzene rings is 2. The molecule has 3 N–H and O–H groups in total. The van der Waals surface area contributed by atoms with Gasteiger partial charge in [-0.05, 0) is 36.8 Å². The molecular formula is C15H15BrN2O2. The summed E-state index contributed by atoms with van der Waals surface area (Å²) < 4.78 is 6.78. The van der Waals surface area contributed by atoms with Crippen LogP contribution < -0.4 is 16.0 Å². The number of aryl methyl sites for hydroxylation is 1. The smallest absolute Gasteiger partial charge is 0.265 e. The third-order valence-electron chi connectivity index (χ3n) is 2.91. The lowest BCUT2D eigenvalue weighted by molar-refractivity contribution is 0.0951. The highest BCUT2D eigenvalue weighted by Crippen LogP contribution is 2.23. The zero-order valence-corrected chi connectivity index (χ0v) is 12.6. The van der Waals surface area contributed by atoms with Gasteiger partial charge in [-0.25, -0.2) is 5.84 Å². The van der Waals surface area contributed by atoms with E-state index in [-0.39, 0.29) is 5.91 Å². The van der Waals surface area contributed by atoms with E-state index in [1.165, 1.54) is 0 Å². The highest BCUT2D eigenvalue weighted by atomic mass is 79.9. The van der Waals surface area contributed by atoms with Crippen LogP contribution in [-0.2, 0) is 6.61 Å². The minimum absolute atomic E-state index is 0.312. The van der Waals surface area contributed by atoms with E-state index in [4.69, 9.17) is 10.6 Å². The molecule has 104 valence electrons. The lowest BCUT2D eigenvalue weighted by Gasteiger charge is -2.12. The van der Waals surface area contributed by atoms with E-state index >= 15 is 0 Å². The number of carbonyl (C=O) groups is 1. The van der Waals surface area contributed by atoms with Gasteiger partial charge in [0.2, 0.25) is 0 Å². The summed E-state index contributed by atoms with van der Waals surface area (Å²) in [5, 5.41) is 0. The summed E-state index contributed by atoms with van der Waals surface area (Å²) >= 11 is 3.41. The highest BCUT2D eigenvalue weighted by molar-refractivity contribution is 9.10. The Hall–Kier alpha value is -1.85. The van der Waals surface area contributed by atoms with E-state index in [1.807, 2.05) is 37.3 Å². The average molecular weight is 335 g/mol. The molecule has 4 nitrogen and oxygen atoms in total. The Morgan fingerprint density at radius 2 is 2.05 bits per heavy atom. The number of nitrogen functional groups attached to an aromatic ring is 1. The van der Waals surface area contributed by atoms with E-state index in [2.05, 4.69) is 21.4 Å². The maximum absolute atomic E-state index is 11.7. The highest BCUT2D eigenvalue weighted by Gasteiger charge is 2.10. The lowest BCUT2D eigenvalue weighted by Crippen LogP contribution is -2.30. The molecule has 1 amide bonds. The van der Waals surface area contributed by atoms with Crippen molar-refractivity contribution in [2.45, 2.75) is 13.5 Å². The maximum Gasteiger partial charge on any atom is 0.265 e. The van der Waals surface area contributed by atoms with Crippen molar-refractivity contribution in [1.29, 1.82) is 0 Å². The summed E-state index contributed by atoms with van der Waals surface area (Å²) in [6, 6.07) is 13.0. The molecule has 2 rings (SSSR count). The largest absolute Gasteiger partial charge is 0.489 e. The van der Waals surface area contributed by atoms with Gasteiger partial charge >= 0.3 is 0 Å². The van der Waals surface area contributed by atoms with Crippen LogP contribution in [-0.4, -0.2) is 5.91 Å². The third-order valence-corrected chi connectivity index (χ3v) is 3.41. The number of halogens is 1. The quantitative estimate of drug-likeness (QED) is 0.513. The first-order chi connectivity index (χ1) is 9.61. The fourth-order valence-corrected chi connectivity index (χ4v) is 2.35. The molecule has 0 radical (unpaired) electrons. The molecule has 0 fully saturated rings. The van der Waals surface area contributed by atoms with Crippen molar-refractivity contribution < 1.29 is 9.53 Å². The van der Waals surface area contributed by atoms with Crippen LogP contribution in [0.15, 0.2) is 46.9 Å². The summed E-state index contributed by atoms with van der Waals surface area (Å²) in [5.74, 6) is 5.64. The second-order valence-electron chi connectivity index (χ2n) is 4.33. The third kappa shape index (κ3) is 3.37. The molecule has 5 heteroatoms. The molecule has 0 aliphatic rings. The summed E-state index contributed by atoms with van der Waals surface area (Å²) in [6.07, 6.45) is 0. The number of nitrogens with two attached hydrogens (primary N) is 1. The summed E-state index contributed by atoms with van der Waals surface area (Å²) in [7, 11) is 0. The van der Waals surface area contributed by atoms with Crippen molar-refractivity contribution >= 4 is 21.8 Å². The van der Waals surface area contributed by atoms with Gasteiger partial charge in [-0.15, -0.1) is 0 Å². The number of amides is 1. The fraction of sp³-hybridized carbons (Fsp3) is 0.133. The van der Waals surface area contributed by atoms with Crippen molar-refractivity contribution in [3.05, 3.63) is 63.6 Å². The van der Waals surface area contributed by atoms with E-state index < -0.39 is 0 Å². The molecule has 20 heavy (non-hydrogen) atoms. The molecule has 0 spiro atoms. The summed E-state index contributed by atoms with van der Waals surface area (Å²) in [5.41, 5.74) is 4.47. The molecule has 2 aromatic carbocycles. The molecule has 0 aliphatic heterocycles. The van der Waals surface area contributed by atoms with Gasteiger partial charge in [0, 0.05) is 15.6 Å². The van der Waals surface area contributed by atoms with Crippen molar-refractivity contribution in [3.8, 4) is 5.75 Å². The van der Waals surface area contributed by atoms with Crippen LogP contribution in [0.1, 0.15) is 21.5 Å². The predicted molar refractivity (Wildman–Crippen MR) is 81.3 cm³/mol. The van der Waals surface area contributed by atoms with Crippen molar-refractivity contribution in [3.63, 3.8) is 0 Å². The number of hydrazine groups is 1. The first-order valence-corrected chi connectivity index (χ1v) is 6.89. The Bertz CT molecular complexity index is 629. The van der Waals surface area contributed by atoms with Crippen LogP contribution in [0.4, 0.5) is 0 Å². The average Bonchev–Trinajstić information content (AvgIpc) is 2.46. The van der Waals surface area contributed by atoms with Crippen LogP contribution in [0.5, 0.6) is 5.75 Å². The molecule has 0 bridgehead atoms. The lowest BCUT2D eigenvalue weighted by atomic mass is 10.1. The van der Waals surface area contributed by atoms with Crippen molar-refractivity contribution in [1.82, 2.24) is 5.43 Å². The molecule has 0 aliphatic carbocycles. The van der Waals surface area contributed by atoms with Gasteiger partial charge < -0.3 is 4.74 Å². The number of ether oxygens (including phenoxy) is 1. The van der Waals surface area contributed by atoms with Crippen LogP contribution in [0.3, 0.4) is 0 Å². The maximum atomic E-state index is 11.7. The Labute approximate surface area is 126 Å². The topological polar surface area (TPSA) is 64.3 Å². The Morgan fingerprint density at radius 3 is 2.75 bits per heavy atom. The van der Waals surface area contributed by atoms with Gasteiger partial charge in [0.1, 0.15) is 12.4 Å². The number of hydrogen-bond acceptors (Lipinski definition) is 3. The Balaban J connectivity index is 2.17. The van der Waals surface area contributed by atoms with E-state index in [9.17, 15) is 4.79 Å². The van der Waals surface area contributed by atoms with Crippen LogP contribution in [0, 0.1) is 6.92 Å². The van der Waals surface area contributed by atoms with Gasteiger partial charge in [0.15, 0.2) is 0 Å². The number of hydrogen-bond donors (Lipinski definition) is 2. The molecule has 0 saturated carbocycles. The van der Waals surface area contributed by atoms with Crippen molar-refractivity contribution in [2.24, 2.45) is 5.84 Å². The van der Waals surface area contributed by atoms with Gasteiger partial charge in [0.25, 0.3) is 5.91 Å². The van der Waals surface area contributed by atoms with Gasteiger partial charge in [0.05, 0.1) is 0 Å². The predicted octanol–water partition coefficient (Wildman–Crippen LogP) is 2.94. The van der Waals surface area contributed by atoms with Crippen LogP contribution in [0.2, 0.25) is 0 Å². The Kier molecular flexibility index (Phi) is 4.76. The second kappa shape index (κ2) is 6.54. The van der Waals surface area contributed by atoms with Gasteiger partial charge in [-0.3, -0.25) is 10.2 Å². The van der Waals surface area contributed by atoms with Crippen LogP contribution in [0.25, 0.3) is 0 Å². The van der Waals surface area contributed by atoms with E-state index in [1.54, 1.807) is 12.1 Å². The zero-order valence-electron chi connectivity index (χ0n) is 11.0. The molecule has 0 saturated heterocycles. The SMILES string of the molecule is Cc1cc(Br)ccc1OCc1ccccc1C(=O)NN. The monoisotopic (exact) mass is 334 g/mol.